The van der Waals surface area contributed by atoms with Crippen LogP contribution in [0.15, 0.2) is 23.2 Å². The average Bonchev–Trinajstić information content (AvgIpc) is 2.68. The Morgan fingerprint density at radius 2 is 2.28 bits per heavy atom. The highest BCUT2D eigenvalue weighted by Crippen LogP contribution is 1.95. The molecule has 0 saturated heterocycles. The molecular formula is C13H14N2O3. The summed E-state index contributed by atoms with van der Waals surface area (Å²) in [6.45, 7) is 1.87. The minimum absolute atomic E-state index is 0.232. The van der Waals surface area contributed by atoms with Gasteiger partial charge in [0.2, 0.25) is 5.91 Å². The van der Waals surface area contributed by atoms with Crippen molar-refractivity contribution in [2.24, 2.45) is 4.99 Å². The minimum Gasteiger partial charge on any atom is -0.384 e. The van der Waals surface area contributed by atoms with Gasteiger partial charge in [-0.25, -0.2) is 4.99 Å². The highest BCUT2D eigenvalue weighted by Gasteiger charge is 2.07. The van der Waals surface area contributed by atoms with Crippen molar-refractivity contribution in [3.8, 4) is 0 Å². The van der Waals surface area contributed by atoms with Crippen LogP contribution in [0.2, 0.25) is 0 Å². The number of rotatable bonds is 4. The lowest BCUT2D eigenvalue weighted by molar-refractivity contribution is -0.128. The Hall–Kier alpha value is -2.01. The topological polar surface area (TPSA) is 78.8 Å². The number of fused-ring (bicyclic) bond motifs is 1. The number of amides is 2. The van der Waals surface area contributed by atoms with Crippen LogP contribution in [0.25, 0.3) is 6.08 Å². The fourth-order valence-electron chi connectivity index (χ4n) is 1.73. The standard InChI is InChI=1S/C13H14N2O3/c1-8(16)13(18)14-5-4-9-2-3-10-7-12(17)15-11(10)6-9/h2-3,6-8,16H,4-5H2,1H3,(H,14,18). The summed E-state index contributed by atoms with van der Waals surface area (Å²) < 4.78 is 0. The first-order chi connectivity index (χ1) is 8.56. The molecule has 0 aromatic heterocycles. The van der Waals surface area contributed by atoms with Crippen molar-refractivity contribution in [1.82, 2.24) is 5.32 Å². The molecule has 1 atom stereocenters. The van der Waals surface area contributed by atoms with Gasteiger partial charge in [0.15, 0.2) is 0 Å². The molecule has 0 aliphatic carbocycles. The number of nitrogens with one attached hydrogen (secondary N) is 1. The first kappa shape index (κ1) is 12.4. The number of benzene rings is 1. The van der Waals surface area contributed by atoms with E-state index in [9.17, 15) is 9.59 Å². The van der Waals surface area contributed by atoms with Crippen molar-refractivity contribution in [1.29, 1.82) is 0 Å². The second kappa shape index (κ2) is 5.10. The number of carbonyl (C=O) groups is 2. The third-order valence-electron chi connectivity index (χ3n) is 2.70. The number of aliphatic hydroxyl groups excluding tert-OH is 1. The molecule has 0 bridgehead atoms. The van der Waals surface area contributed by atoms with E-state index in [2.05, 4.69) is 10.3 Å². The van der Waals surface area contributed by atoms with Gasteiger partial charge in [0, 0.05) is 17.8 Å². The molecular weight excluding hydrogens is 232 g/mol. The monoisotopic (exact) mass is 246 g/mol. The first-order valence-corrected chi connectivity index (χ1v) is 5.75. The van der Waals surface area contributed by atoms with Crippen molar-refractivity contribution < 1.29 is 14.7 Å². The molecule has 1 heterocycles. The van der Waals surface area contributed by atoms with Crippen LogP contribution < -0.4 is 15.9 Å². The zero-order chi connectivity index (χ0) is 13.1. The smallest absolute Gasteiger partial charge is 0.270 e. The Bertz CT molecular complexity index is 605. The molecule has 1 aliphatic rings. The van der Waals surface area contributed by atoms with E-state index in [0.717, 1.165) is 10.8 Å². The molecule has 1 aromatic carbocycles. The second-order valence-electron chi connectivity index (χ2n) is 4.20. The maximum Gasteiger partial charge on any atom is 0.270 e. The fraction of sp³-hybridized carbons (Fsp3) is 0.308. The zero-order valence-corrected chi connectivity index (χ0v) is 10.0. The number of hydrogen-bond acceptors (Lipinski definition) is 3. The quantitative estimate of drug-likeness (QED) is 0.690. The largest absolute Gasteiger partial charge is 0.384 e. The average molecular weight is 246 g/mol. The molecule has 1 unspecified atom stereocenters. The summed E-state index contributed by atoms with van der Waals surface area (Å²) in [5, 5.41) is 13.1. The molecule has 2 N–H and O–H groups in total. The maximum absolute atomic E-state index is 11.1. The second-order valence-corrected chi connectivity index (χ2v) is 4.20. The molecule has 0 fully saturated rings. The van der Waals surface area contributed by atoms with Crippen molar-refractivity contribution in [2.75, 3.05) is 6.54 Å². The van der Waals surface area contributed by atoms with Crippen LogP contribution in [-0.4, -0.2) is 29.6 Å². The van der Waals surface area contributed by atoms with Crippen LogP contribution >= 0.6 is 0 Å². The SMILES string of the molecule is CC(O)C(=O)NCCc1ccc2c(c1)=NC(=O)C=2. The van der Waals surface area contributed by atoms with E-state index in [1.807, 2.05) is 18.2 Å². The third kappa shape index (κ3) is 2.81. The van der Waals surface area contributed by atoms with Crippen molar-refractivity contribution >= 4 is 17.9 Å². The summed E-state index contributed by atoms with van der Waals surface area (Å²) in [6, 6.07) is 5.58. The molecule has 18 heavy (non-hydrogen) atoms. The van der Waals surface area contributed by atoms with Crippen molar-refractivity contribution in [3.05, 3.63) is 34.3 Å². The Kier molecular flexibility index (Phi) is 3.53. The van der Waals surface area contributed by atoms with Gasteiger partial charge in [0.05, 0.1) is 5.36 Å². The Morgan fingerprint density at radius 3 is 3.00 bits per heavy atom. The first-order valence-electron chi connectivity index (χ1n) is 5.75. The summed E-state index contributed by atoms with van der Waals surface area (Å²) in [4.78, 5) is 26.1. The highest BCUT2D eigenvalue weighted by molar-refractivity contribution is 6.06. The molecule has 0 radical (unpaired) electrons. The van der Waals surface area contributed by atoms with Crippen molar-refractivity contribution in [3.63, 3.8) is 0 Å². The van der Waals surface area contributed by atoms with Gasteiger partial charge in [-0.15, -0.1) is 0 Å². The highest BCUT2D eigenvalue weighted by atomic mass is 16.3. The normalized spacial score (nSPS) is 14.4. The van der Waals surface area contributed by atoms with E-state index >= 15 is 0 Å². The van der Waals surface area contributed by atoms with E-state index in [4.69, 9.17) is 5.11 Å². The minimum atomic E-state index is -0.993. The lowest BCUT2D eigenvalue weighted by Gasteiger charge is -2.06. The predicted octanol–water partition coefficient (Wildman–Crippen LogP) is -1.33. The van der Waals surface area contributed by atoms with Crippen LogP contribution in [0.4, 0.5) is 0 Å². The summed E-state index contributed by atoms with van der Waals surface area (Å²) in [7, 11) is 0. The maximum atomic E-state index is 11.1. The molecule has 2 amide bonds. The lowest BCUT2D eigenvalue weighted by atomic mass is 10.1. The van der Waals surface area contributed by atoms with Crippen LogP contribution in [-0.2, 0) is 16.0 Å². The molecule has 1 aromatic rings. The Labute approximate surface area is 104 Å². The van der Waals surface area contributed by atoms with Gasteiger partial charge < -0.3 is 10.4 Å². The van der Waals surface area contributed by atoms with E-state index in [0.29, 0.717) is 18.3 Å². The number of carbonyl (C=O) groups excluding carboxylic acids is 2. The number of nitrogens with zero attached hydrogens (tertiary/aromatic N) is 1. The summed E-state index contributed by atoms with van der Waals surface area (Å²) in [5.74, 6) is -0.617. The van der Waals surface area contributed by atoms with Crippen LogP contribution in [0, 0.1) is 0 Å². The molecule has 1 aliphatic heterocycles. The molecule has 0 spiro atoms. The van der Waals surface area contributed by atoms with Gasteiger partial charge in [0.25, 0.3) is 5.91 Å². The lowest BCUT2D eigenvalue weighted by Crippen LogP contribution is -2.34. The van der Waals surface area contributed by atoms with E-state index < -0.39 is 6.10 Å². The predicted molar refractivity (Wildman–Crippen MR) is 65.1 cm³/mol. The Balaban J connectivity index is 1.99. The van der Waals surface area contributed by atoms with E-state index in [1.165, 1.54) is 13.0 Å². The number of hydrogen-bond donors (Lipinski definition) is 2. The number of aliphatic hydroxyl groups is 1. The molecule has 0 saturated carbocycles. The molecule has 2 rings (SSSR count). The van der Waals surface area contributed by atoms with Crippen LogP contribution in [0.5, 0.6) is 0 Å². The zero-order valence-electron chi connectivity index (χ0n) is 10.0. The van der Waals surface area contributed by atoms with Crippen LogP contribution in [0.3, 0.4) is 0 Å². The third-order valence-corrected chi connectivity index (χ3v) is 2.70. The molecule has 94 valence electrons. The van der Waals surface area contributed by atoms with Gasteiger partial charge in [-0.3, -0.25) is 9.59 Å². The van der Waals surface area contributed by atoms with Crippen molar-refractivity contribution in [2.45, 2.75) is 19.4 Å². The van der Waals surface area contributed by atoms with E-state index in [-0.39, 0.29) is 11.8 Å². The summed E-state index contributed by atoms with van der Waals surface area (Å²) >= 11 is 0. The molecule has 5 nitrogen and oxygen atoms in total. The van der Waals surface area contributed by atoms with Gasteiger partial charge in [-0.05, 0) is 25.0 Å². The van der Waals surface area contributed by atoms with Gasteiger partial charge in [-0.1, -0.05) is 12.1 Å². The van der Waals surface area contributed by atoms with Gasteiger partial charge >= 0.3 is 0 Å². The van der Waals surface area contributed by atoms with E-state index in [1.54, 1.807) is 0 Å². The Morgan fingerprint density at radius 1 is 1.50 bits per heavy atom. The van der Waals surface area contributed by atoms with Crippen LogP contribution in [0.1, 0.15) is 12.5 Å². The van der Waals surface area contributed by atoms with Gasteiger partial charge in [-0.2, -0.15) is 0 Å². The molecule has 5 heteroatoms. The summed E-state index contributed by atoms with van der Waals surface area (Å²) in [6.07, 6.45) is 1.14. The summed E-state index contributed by atoms with van der Waals surface area (Å²) in [5.41, 5.74) is 0.992. The fourth-order valence-corrected chi connectivity index (χ4v) is 1.73. The van der Waals surface area contributed by atoms with Gasteiger partial charge in [0.1, 0.15) is 6.10 Å².